The highest BCUT2D eigenvalue weighted by molar-refractivity contribution is 5.94. The van der Waals surface area contributed by atoms with Gasteiger partial charge in [-0.3, -0.25) is 4.79 Å². The summed E-state index contributed by atoms with van der Waals surface area (Å²) in [4.78, 5) is 14.3. The molecule has 100 valence electrons. The molecule has 0 radical (unpaired) electrons. The van der Waals surface area contributed by atoms with Crippen molar-refractivity contribution >= 4 is 5.91 Å². The van der Waals surface area contributed by atoms with E-state index >= 15 is 0 Å². The summed E-state index contributed by atoms with van der Waals surface area (Å²) in [6.07, 6.45) is 3.40. The third-order valence-electron chi connectivity index (χ3n) is 3.28. The Kier molecular flexibility index (Phi) is 4.59. The molecule has 0 spiro atoms. The van der Waals surface area contributed by atoms with Gasteiger partial charge < -0.3 is 10.0 Å². The van der Waals surface area contributed by atoms with Crippen LogP contribution in [-0.2, 0) is 0 Å². The number of amides is 1. The molecular weight excluding hydrogens is 238 g/mol. The molecular formula is C16H19NO2. The average Bonchev–Trinajstić information content (AvgIpc) is 2.44. The van der Waals surface area contributed by atoms with Crippen LogP contribution in [-0.4, -0.2) is 35.6 Å². The Labute approximate surface area is 114 Å². The lowest BCUT2D eigenvalue weighted by atomic mass is 10.0. The van der Waals surface area contributed by atoms with Gasteiger partial charge in [0.1, 0.15) is 6.61 Å². The van der Waals surface area contributed by atoms with Crippen LogP contribution in [0.2, 0.25) is 0 Å². The van der Waals surface area contributed by atoms with E-state index in [1.807, 2.05) is 30.0 Å². The summed E-state index contributed by atoms with van der Waals surface area (Å²) >= 11 is 0. The summed E-state index contributed by atoms with van der Waals surface area (Å²) in [7, 11) is 0. The van der Waals surface area contributed by atoms with Crippen molar-refractivity contribution in [3.63, 3.8) is 0 Å². The van der Waals surface area contributed by atoms with E-state index in [9.17, 15) is 4.79 Å². The number of aliphatic hydroxyl groups excluding tert-OH is 1. The average molecular weight is 257 g/mol. The van der Waals surface area contributed by atoms with Gasteiger partial charge in [0.05, 0.1) is 0 Å². The molecule has 19 heavy (non-hydrogen) atoms. The van der Waals surface area contributed by atoms with Gasteiger partial charge in [-0.1, -0.05) is 11.8 Å². The van der Waals surface area contributed by atoms with Crippen LogP contribution >= 0.6 is 0 Å². The molecule has 0 unspecified atom stereocenters. The molecule has 1 fully saturated rings. The Morgan fingerprint density at radius 2 is 2.00 bits per heavy atom. The first-order chi connectivity index (χ1) is 9.20. The second-order valence-corrected chi connectivity index (χ2v) is 4.90. The van der Waals surface area contributed by atoms with Crippen molar-refractivity contribution in [2.75, 3.05) is 19.7 Å². The number of piperidine rings is 1. The molecule has 1 aliphatic heterocycles. The maximum Gasteiger partial charge on any atom is 0.253 e. The first-order valence-corrected chi connectivity index (χ1v) is 6.71. The minimum atomic E-state index is -0.163. The van der Waals surface area contributed by atoms with Crippen molar-refractivity contribution in [2.45, 2.75) is 26.2 Å². The minimum Gasteiger partial charge on any atom is -0.384 e. The van der Waals surface area contributed by atoms with Crippen molar-refractivity contribution < 1.29 is 9.90 Å². The predicted molar refractivity (Wildman–Crippen MR) is 74.9 cm³/mol. The Balaban J connectivity index is 2.23. The lowest BCUT2D eigenvalue weighted by Crippen LogP contribution is -2.35. The van der Waals surface area contributed by atoms with Gasteiger partial charge in [0.15, 0.2) is 0 Å². The zero-order valence-corrected chi connectivity index (χ0v) is 11.3. The van der Waals surface area contributed by atoms with Gasteiger partial charge in [-0.15, -0.1) is 0 Å². The van der Waals surface area contributed by atoms with Crippen LogP contribution in [0.3, 0.4) is 0 Å². The summed E-state index contributed by atoms with van der Waals surface area (Å²) in [5.74, 6) is 5.57. The van der Waals surface area contributed by atoms with Crippen LogP contribution in [0.4, 0.5) is 0 Å². The molecule has 1 heterocycles. The first kappa shape index (κ1) is 13.6. The van der Waals surface area contributed by atoms with Gasteiger partial charge in [0.2, 0.25) is 0 Å². The van der Waals surface area contributed by atoms with Gasteiger partial charge in [-0.05, 0) is 49.9 Å². The highest BCUT2D eigenvalue weighted by Crippen LogP contribution is 2.15. The Bertz CT molecular complexity index is 519. The summed E-state index contributed by atoms with van der Waals surface area (Å²) < 4.78 is 0. The quantitative estimate of drug-likeness (QED) is 0.781. The largest absolute Gasteiger partial charge is 0.384 e. The lowest BCUT2D eigenvalue weighted by molar-refractivity contribution is 0.0724. The Morgan fingerprint density at radius 1 is 1.26 bits per heavy atom. The van der Waals surface area contributed by atoms with Crippen LogP contribution in [0.1, 0.15) is 40.7 Å². The summed E-state index contributed by atoms with van der Waals surface area (Å²) in [6.45, 7) is 3.50. The van der Waals surface area contributed by atoms with E-state index in [0.29, 0.717) is 5.56 Å². The summed E-state index contributed by atoms with van der Waals surface area (Å²) in [5, 5.41) is 8.73. The fraction of sp³-hybridized carbons (Fsp3) is 0.438. The number of likely N-dealkylation sites (tertiary alicyclic amines) is 1. The number of hydrogen-bond acceptors (Lipinski definition) is 2. The van der Waals surface area contributed by atoms with Crippen molar-refractivity contribution in [1.29, 1.82) is 0 Å². The normalized spacial score (nSPS) is 14.7. The Morgan fingerprint density at radius 3 is 2.68 bits per heavy atom. The molecule has 1 saturated heterocycles. The summed E-state index contributed by atoms with van der Waals surface area (Å²) in [5.41, 5.74) is 2.50. The van der Waals surface area contributed by atoms with Crippen LogP contribution < -0.4 is 0 Å². The minimum absolute atomic E-state index is 0.0930. The topological polar surface area (TPSA) is 40.5 Å². The van der Waals surface area contributed by atoms with Crippen molar-refractivity contribution in [3.05, 3.63) is 34.9 Å². The molecule has 0 bridgehead atoms. The van der Waals surface area contributed by atoms with Gasteiger partial charge in [-0.25, -0.2) is 0 Å². The van der Waals surface area contributed by atoms with E-state index in [4.69, 9.17) is 5.11 Å². The van der Waals surface area contributed by atoms with Crippen LogP contribution in [0.5, 0.6) is 0 Å². The van der Waals surface area contributed by atoms with E-state index in [1.54, 1.807) is 0 Å². The van der Waals surface area contributed by atoms with Gasteiger partial charge in [-0.2, -0.15) is 0 Å². The van der Waals surface area contributed by atoms with Crippen LogP contribution in [0.15, 0.2) is 18.2 Å². The van der Waals surface area contributed by atoms with E-state index in [0.717, 1.165) is 37.1 Å². The van der Waals surface area contributed by atoms with E-state index < -0.39 is 0 Å². The second-order valence-electron chi connectivity index (χ2n) is 4.90. The molecule has 1 aromatic carbocycles. The molecule has 1 N–H and O–H groups in total. The predicted octanol–water partition coefficient (Wildman–Crippen LogP) is 1.96. The monoisotopic (exact) mass is 257 g/mol. The number of carbonyl (C=O) groups is 1. The fourth-order valence-corrected chi connectivity index (χ4v) is 2.40. The molecule has 1 amide bonds. The molecule has 0 aromatic heterocycles. The molecule has 1 aromatic rings. The zero-order chi connectivity index (χ0) is 13.7. The zero-order valence-electron chi connectivity index (χ0n) is 11.3. The van der Waals surface area contributed by atoms with E-state index in [1.165, 1.54) is 6.42 Å². The number of aliphatic hydroxyl groups is 1. The fourth-order valence-electron chi connectivity index (χ4n) is 2.40. The molecule has 0 atom stereocenters. The number of aryl methyl sites for hydroxylation is 1. The lowest BCUT2D eigenvalue weighted by Gasteiger charge is -2.26. The van der Waals surface area contributed by atoms with Gasteiger partial charge in [0, 0.05) is 24.2 Å². The van der Waals surface area contributed by atoms with Crippen LogP contribution in [0, 0.1) is 18.8 Å². The first-order valence-electron chi connectivity index (χ1n) is 6.71. The van der Waals surface area contributed by atoms with E-state index in [-0.39, 0.29) is 12.5 Å². The van der Waals surface area contributed by atoms with Crippen molar-refractivity contribution in [1.82, 2.24) is 4.90 Å². The number of benzene rings is 1. The van der Waals surface area contributed by atoms with Gasteiger partial charge in [0.25, 0.3) is 5.91 Å². The number of carbonyl (C=O) groups excluding carboxylic acids is 1. The number of hydrogen-bond donors (Lipinski definition) is 1. The third kappa shape index (κ3) is 3.59. The third-order valence-corrected chi connectivity index (χ3v) is 3.28. The molecule has 2 rings (SSSR count). The SMILES string of the molecule is Cc1cc(C#CCO)cc(C(=O)N2CCCCC2)c1. The Hall–Kier alpha value is -1.79. The highest BCUT2D eigenvalue weighted by atomic mass is 16.2. The maximum atomic E-state index is 12.4. The number of rotatable bonds is 1. The van der Waals surface area contributed by atoms with Crippen LogP contribution in [0.25, 0.3) is 0 Å². The molecule has 0 saturated carbocycles. The van der Waals surface area contributed by atoms with Crippen molar-refractivity contribution in [2.24, 2.45) is 0 Å². The summed E-state index contributed by atoms with van der Waals surface area (Å²) in [6, 6.07) is 5.64. The molecule has 3 heteroatoms. The van der Waals surface area contributed by atoms with E-state index in [2.05, 4.69) is 11.8 Å². The molecule has 3 nitrogen and oxygen atoms in total. The maximum absolute atomic E-state index is 12.4. The molecule has 1 aliphatic rings. The number of nitrogens with zero attached hydrogens (tertiary/aromatic N) is 1. The van der Waals surface area contributed by atoms with Gasteiger partial charge >= 0.3 is 0 Å². The second kappa shape index (κ2) is 6.40. The standard InChI is InChI=1S/C16H19NO2/c1-13-10-14(6-5-9-18)12-15(11-13)16(19)17-7-3-2-4-8-17/h10-12,18H,2-4,7-9H2,1H3. The molecule has 0 aliphatic carbocycles. The van der Waals surface area contributed by atoms with Crippen molar-refractivity contribution in [3.8, 4) is 11.8 Å². The highest BCUT2D eigenvalue weighted by Gasteiger charge is 2.18. The smallest absolute Gasteiger partial charge is 0.253 e.